The van der Waals surface area contributed by atoms with Gasteiger partial charge in [-0.25, -0.2) is 9.79 Å². The highest BCUT2D eigenvalue weighted by molar-refractivity contribution is 8.16. The Labute approximate surface area is 215 Å². The summed E-state index contributed by atoms with van der Waals surface area (Å²) in [6, 6.07) is 16.6. The molecule has 2 aromatic carbocycles. The third kappa shape index (κ3) is 5.47. The van der Waals surface area contributed by atoms with Crippen LogP contribution in [0, 0.1) is 0 Å². The van der Waals surface area contributed by atoms with Crippen LogP contribution >= 0.6 is 11.8 Å². The topological polar surface area (TPSA) is 89.5 Å². The van der Waals surface area contributed by atoms with Gasteiger partial charge in [0.25, 0.3) is 0 Å². The molecule has 1 amide bonds. The van der Waals surface area contributed by atoms with E-state index < -0.39 is 12.0 Å². The number of ether oxygens (including phenoxy) is 3. The third-order valence-electron chi connectivity index (χ3n) is 5.73. The molecule has 0 aliphatic carbocycles. The summed E-state index contributed by atoms with van der Waals surface area (Å²) in [6.45, 7) is 2.85. The van der Waals surface area contributed by atoms with Crippen molar-refractivity contribution in [2.45, 2.75) is 19.4 Å². The number of methoxy groups -OCH3 is 2. The second-order valence-corrected chi connectivity index (χ2v) is 8.88. The maximum Gasteiger partial charge on any atom is 0.338 e. The quantitative estimate of drug-likeness (QED) is 0.382. The zero-order chi connectivity index (χ0) is 25.5. The van der Waals surface area contributed by atoms with E-state index in [2.05, 4.69) is 5.32 Å². The van der Waals surface area contributed by atoms with Gasteiger partial charge in [-0.3, -0.25) is 4.79 Å². The standard InChI is InChI=1S/C27H29N3O5S/c1-4-35-26(32)23-24(18-9-6-5-7-10-18)29-27-30(25(23)19-11-8-12-21(15-19)34-3)20(17-36-27)16-22(31)28-13-14-33-2/h5-12,15,17,25H,4,13-14,16H2,1-3H3,(H,28,31). The van der Waals surface area contributed by atoms with Gasteiger partial charge in [0.15, 0.2) is 5.17 Å². The Hall–Kier alpha value is -3.56. The number of hydrogen-bond donors (Lipinski definition) is 1. The fraction of sp³-hybridized carbons (Fsp3) is 0.296. The first-order valence-corrected chi connectivity index (χ1v) is 12.5. The summed E-state index contributed by atoms with van der Waals surface area (Å²) >= 11 is 1.43. The highest BCUT2D eigenvalue weighted by Crippen LogP contribution is 2.47. The highest BCUT2D eigenvalue weighted by atomic mass is 32.2. The fourth-order valence-electron chi connectivity index (χ4n) is 4.14. The van der Waals surface area contributed by atoms with Crippen LogP contribution in [0.1, 0.15) is 30.5 Å². The highest BCUT2D eigenvalue weighted by Gasteiger charge is 2.42. The van der Waals surface area contributed by atoms with E-state index in [0.29, 0.717) is 35.3 Å². The van der Waals surface area contributed by atoms with Crippen molar-refractivity contribution in [3.8, 4) is 5.75 Å². The average molecular weight is 508 g/mol. The number of nitrogens with one attached hydrogen (secondary N) is 1. The van der Waals surface area contributed by atoms with Crippen LogP contribution in [0.5, 0.6) is 5.75 Å². The van der Waals surface area contributed by atoms with Crippen LogP contribution in [-0.4, -0.2) is 55.9 Å². The number of esters is 1. The van der Waals surface area contributed by atoms with Crippen molar-refractivity contribution < 1.29 is 23.8 Å². The van der Waals surface area contributed by atoms with E-state index in [1.165, 1.54) is 11.8 Å². The molecule has 2 aliphatic heterocycles. The zero-order valence-corrected chi connectivity index (χ0v) is 21.3. The molecule has 0 fully saturated rings. The van der Waals surface area contributed by atoms with Crippen molar-refractivity contribution in [3.63, 3.8) is 0 Å². The molecule has 1 unspecified atom stereocenters. The summed E-state index contributed by atoms with van der Waals surface area (Å²) in [5.41, 5.74) is 3.35. The van der Waals surface area contributed by atoms with E-state index in [-0.39, 0.29) is 18.9 Å². The van der Waals surface area contributed by atoms with Crippen molar-refractivity contribution >= 4 is 34.5 Å². The molecule has 0 saturated carbocycles. The first kappa shape index (κ1) is 25.5. The lowest BCUT2D eigenvalue weighted by Crippen LogP contribution is -2.38. The third-order valence-corrected chi connectivity index (χ3v) is 6.62. The van der Waals surface area contributed by atoms with E-state index in [9.17, 15) is 9.59 Å². The summed E-state index contributed by atoms with van der Waals surface area (Å²) in [4.78, 5) is 33.0. The lowest BCUT2D eigenvalue weighted by Gasteiger charge is -2.37. The number of hydrogen-bond acceptors (Lipinski definition) is 8. The molecule has 2 heterocycles. The average Bonchev–Trinajstić information content (AvgIpc) is 3.30. The van der Waals surface area contributed by atoms with Gasteiger partial charge in [0, 0.05) is 24.9 Å². The first-order valence-electron chi connectivity index (χ1n) is 11.7. The van der Waals surface area contributed by atoms with Crippen LogP contribution in [-0.2, 0) is 19.1 Å². The molecule has 0 spiro atoms. The SMILES string of the molecule is CCOC(=O)C1=C(c2ccccc2)N=C2SC=C(CC(=O)NCCOC)N2C1c1cccc(OC)c1. The van der Waals surface area contributed by atoms with Crippen molar-refractivity contribution in [1.29, 1.82) is 0 Å². The van der Waals surface area contributed by atoms with Gasteiger partial charge in [-0.15, -0.1) is 0 Å². The molecule has 8 nitrogen and oxygen atoms in total. The number of nitrogens with zero attached hydrogens (tertiary/aromatic N) is 2. The van der Waals surface area contributed by atoms with Gasteiger partial charge in [0.05, 0.1) is 44.1 Å². The predicted molar refractivity (Wildman–Crippen MR) is 140 cm³/mol. The lowest BCUT2D eigenvalue weighted by atomic mass is 9.91. The van der Waals surface area contributed by atoms with Gasteiger partial charge >= 0.3 is 5.97 Å². The Morgan fingerprint density at radius 3 is 2.64 bits per heavy atom. The largest absolute Gasteiger partial charge is 0.497 e. The summed E-state index contributed by atoms with van der Waals surface area (Å²) < 4.78 is 16.0. The Morgan fingerprint density at radius 2 is 1.92 bits per heavy atom. The molecule has 4 rings (SSSR count). The molecule has 1 atom stereocenters. The molecular weight excluding hydrogens is 478 g/mol. The Morgan fingerprint density at radius 1 is 1.11 bits per heavy atom. The fourth-order valence-corrected chi connectivity index (χ4v) is 5.05. The molecule has 2 aromatic rings. The minimum Gasteiger partial charge on any atom is -0.497 e. The van der Waals surface area contributed by atoms with E-state index in [0.717, 1.165) is 16.8 Å². The van der Waals surface area contributed by atoms with Crippen LogP contribution in [0.25, 0.3) is 5.70 Å². The maximum atomic E-state index is 13.5. The number of rotatable bonds is 10. The number of benzene rings is 2. The predicted octanol–water partition coefficient (Wildman–Crippen LogP) is 4.12. The van der Waals surface area contributed by atoms with Gasteiger partial charge in [-0.2, -0.15) is 0 Å². The number of thioether (sulfide) groups is 1. The smallest absolute Gasteiger partial charge is 0.338 e. The summed E-state index contributed by atoms with van der Waals surface area (Å²) in [5.74, 6) is 0.0727. The second kappa shape index (κ2) is 11.9. The molecule has 1 N–H and O–H groups in total. The molecule has 36 heavy (non-hydrogen) atoms. The summed E-state index contributed by atoms with van der Waals surface area (Å²) in [5, 5.41) is 5.47. The van der Waals surface area contributed by atoms with E-state index in [4.69, 9.17) is 19.2 Å². The van der Waals surface area contributed by atoms with Gasteiger partial charge in [-0.05, 0) is 30.0 Å². The maximum absolute atomic E-state index is 13.5. The van der Waals surface area contributed by atoms with Crippen molar-refractivity contribution in [3.05, 3.63) is 82.4 Å². The van der Waals surface area contributed by atoms with E-state index in [1.54, 1.807) is 21.1 Å². The van der Waals surface area contributed by atoms with Gasteiger partial charge < -0.3 is 24.4 Å². The van der Waals surface area contributed by atoms with Crippen molar-refractivity contribution in [2.75, 3.05) is 34.0 Å². The van der Waals surface area contributed by atoms with Crippen molar-refractivity contribution in [1.82, 2.24) is 10.2 Å². The van der Waals surface area contributed by atoms with Gasteiger partial charge in [0.1, 0.15) is 5.75 Å². The van der Waals surface area contributed by atoms with Gasteiger partial charge in [0.2, 0.25) is 5.91 Å². The molecule has 0 aromatic heterocycles. The summed E-state index contributed by atoms with van der Waals surface area (Å²) in [6.07, 6.45) is 0.132. The van der Waals surface area contributed by atoms with Crippen molar-refractivity contribution in [2.24, 2.45) is 4.99 Å². The number of aliphatic imine (C=N–C) groups is 1. The number of fused-ring (bicyclic) bond motifs is 1. The van der Waals surface area contributed by atoms with Gasteiger partial charge in [-0.1, -0.05) is 54.2 Å². The number of carbonyl (C=O) groups is 2. The molecule has 2 aliphatic rings. The van der Waals surface area contributed by atoms with E-state index in [1.807, 2.05) is 64.9 Å². The molecule has 0 saturated heterocycles. The van der Waals surface area contributed by atoms with Crippen LogP contribution in [0.2, 0.25) is 0 Å². The number of amides is 1. The molecule has 0 radical (unpaired) electrons. The zero-order valence-electron chi connectivity index (χ0n) is 20.5. The number of carbonyl (C=O) groups excluding carboxylic acids is 2. The minimum atomic E-state index is -0.560. The number of amidine groups is 1. The summed E-state index contributed by atoms with van der Waals surface area (Å²) in [7, 11) is 3.19. The molecular formula is C27H29N3O5S. The van der Waals surface area contributed by atoms with Crippen LogP contribution in [0.15, 0.2) is 76.3 Å². The monoisotopic (exact) mass is 507 g/mol. The Kier molecular flexibility index (Phi) is 8.45. The molecule has 188 valence electrons. The van der Waals surface area contributed by atoms with Crippen LogP contribution in [0.4, 0.5) is 0 Å². The van der Waals surface area contributed by atoms with Crippen LogP contribution < -0.4 is 10.1 Å². The second-order valence-electron chi connectivity index (χ2n) is 8.04. The minimum absolute atomic E-state index is 0.132. The Balaban J connectivity index is 1.82. The van der Waals surface area contributed by atoms with E-state index >= 15 is 0 Å². The molecule has 0 bridgehead atoms. The van der Waals surface area contributed by atoms with Crippen LogP contribution in [0.3, 0.4) is 0 Å². The molecule has 9 heteroatoms. The first-order chi connectivity index (χ1) is 17.6. The normalized spacial score (nSPS) is 16.8. The Bertz CT molecular complexity index is 1210. The lowest BCUT2D eigenvalue weighted by molar-refractivity contribution is -0.139.